The molecule has 0 unspecified atom stereocenters. The summed E-state index contributed by atoms with van der Waals surface area (Å²) >= 11 is 0. The Morgan fingerprint density at radius 3 is 2.40 bits per heavy atom. The van der Waals surface area contributed by atoms with Crippen LogP contribution in [0.5, 0.6) is 0 Å². The van der Waals surface area contributed by atoms with Gasteiger partial charge >= 0.3 is 0 Å². The van der Waals surface area contributed by atoms with Crippen LogP contribution in [0.4, 0.5) is 0 Å². The number of terminal acetylenes is 1. The minimum absolute atomic E-state index is 0.0946. The summed E-state index contributed by atoms with van der Waals surface area (Å²) in [5.74, 6) is 2.17. The van der Waals surface area contributed by atoms with Gasteiger partial charge in [-0.1, -0.05) is 5.92 Å². The van der Waals surface area contributed by atoms with Crippen molar-refractivity contribution >= 4 is 0 Å². The van der Waals surface area contributed by atoms with E-state index in [0.717, 1.165) is 0 Å². The molecule has 86 valence electrons. The van der Waals surface area contributed by atoms with E-state index in [9.17, 15) is 15.3 Å². The third kappa shape index (κ3) is 2.66. The van der Waals surface area contributed by atoms with Crippen LogP contribution >= 0.6 is 0 Å². The van der Waals surface area contributed by atoms with E-state index >= 15 is 0 Å². The maximum atomic E-state index is 9.44. The van der Waals surface area contributed by atoms with Gasteiger partial charge in [0.2, 0.25) is 0 Å². The Bertz CT molecular complexity index is 235. The van der Waals surface area contributed by atoms with Crippen LogP contribution in [0.2, 0.25) is 0 Å². The summed E-state index contributed by atoms with van der Waals surface area (Å²) in [5, 5.41) is 37.0. The van der Waals surface area contributed by atoms with Gasteiger partial charge in [-0.15, -0.1) is 6.42 Å². The van der Waals surface area contributed by atoms with Gasteiger partial charge in [0.25, 0.3) is 0 Å². The first-order valence-electron chi connectivity index (χ1n) is 4.47. The van der Waals surface area contributed by atoms with Gasteiger partial charge in [0.1, 0.15) is 31.0 Å². The minimum Gasteiger partial charge on any atom is -0.394 e. The van der Waals surface area contributed by atoms with Crippen molar-refractivity contribution in [2.24, 2.45) is 0 Å². The molecule has 1 saturated heterocycles. The molecule has 6 nitrogen and oxygen atoms in total. The van der Waals surface area contributed by atoms with Crippen molar-refractivity contribution in [3.8, 4) is 12.3 Å². The van der Waals surface area contributed by atoms with Crippen molar-refractivity contribution < 1.29 is 29.9 Å². The van der Waals surface area contributed by atoms with Crippen molar-refractivity contribution in [1.82, 2.24) is 0 Å². The molecule has 0 aliphatic carbocycles. The summed E-state index contributed by atoms with van der Waals surface area (Å²) in [5.41, 5.74) is 0. The fourth-order valence-electron chi connectivity index (χ4n) is 1.34. The number of ether oxygens (including phenoxy) is 2. The Hall–Kier alpha value is -0.680. The summed E-state index contributed by atoms with van der Waals surface area (Å²) in [7, 11) is 0. The van der Waals surface area contributed by atoms with E-state index in [-0.39, 0.29) is 6.61 Å². The van der Waals surface area contributed by atoms with E-state index < -0.39 is 37.3 Å². The van der Waals surface area contributed by atoms with Crippen LogP contribution in [0.15, 0.2) is 0 Å². The lowest BCUT2D eigenvalue weighted by Gasteiger charge is -2.39. The molecule has 0 aromatic carbocycles. The largest absolute Gasteiger partial charge is 0.394 e. The average Bonchev–Trinajstić information content (AvgIpc) is 2.25. The van der Waals surface area contributed by atoms with Gasteiger partial charge in [-0.2, -0.15) is 0 Å². The lowest BCUT2D eigenvalue weighted by Crippen LogP contribution is -2.59. The summed E-state index contributed by atoms with van der Waals surface area (Å²) < 4.78 is 9.91. The number of aliphatic hydroxyl groups is 4. The Morgan fingerprint density at radius 1 is 1.20 bits per heavy atom. The fraction of sp³-hybridized carbons (Fsp3) is 0.778. The van der Waals surface area contributed by atoms with E-state index in [0.29, 0.717) is 0 Å². The molecule has 0 aromatic rings. The van der Waals surface area contributed by atoms with Crippen LogP contribution in [-0.2, 0) is 9.47 Å². The number of aliphatic hydroxyl groups excluding tert-OH is 4. The SMILES string of the molecule is C#CCO[C@H]1O[C@H](CO)[C@H](O)[C@H](O)[C@H]1O. The Morgan fingerprint density at radius 2 is 1.87 bits per heavy atom. The highest BCUT2D eigenvalue weighted by Crippen LogP contribution is 2.21. The van der Waals surface area contributed by atoms with Crippen LogP contribution in [-0.4, -0.2) is 64.3 Å². The van der Waals surface area contributed by atoms with Gasteiger partial charge < -0.3 is 29.9 Å². The number of hydrogen-bond donors (Lipinski definition) is 4. The Labute approximate surface area is 87.1 Å². The Kier molecular flexibility index (Phi) is 4.47. The number of hydrogen-bond acceptors (Lipinski definition) is 6. The average molecular weight is 218 g/mol. The first-order chi connectivity index (χ1) is 7.11. The van der Waals surface area contributed by atoms with Gasteiger partial charge in [0, 0.05) is 0 Å². The maximum Gasteiger partial charge on any atom is 0.187 e. The molecule has 5 atom stereocenters. The predicted octanol–water partition coefficient (Wildman–Crippen LogP) is -2.56. The minimum atomic E-state index is -1.43. The third-order valence-corrected chi connectivity index (χ3v) is 2.18. The molecule has 1 aliphatic heterocycles. The second kappa shape index (κ2) is 5.42. The Balaban J connectivity index is 2.62. The van der Waals surface area contributed by atoms with E-state index in [1.54, 1.807) is 0 Å². The van der Waals surface area contributed by atoms with E-state index in [1.165, 1.54) is 0 Å². The van der Waals surface area contributed by atoms with Gasteiger partial charge in [-0.3, -0.25) is 0 Å². The summed E-state index contributed by atoms with van der Waals surface area (Å²) in [6.07, 6.45) is -1.36. The smallest absolute Gasteiger partial charge is 0.187 e. The second-order valence-corrected chi connectivity index (χ2v) is 3.21. The van der Waals surface area contributed by atoms with Gasteiger partial charge in [-0.25, -0.2) is 0 Å². The highest BCUT2D eigenvalue weighted by Gasteiger charge is 2.43. The van der Waals surface area contributed by atoms with Crippen LogP contribution in [0, 0.1) is 12.3 Å². The van der Waals surface area contributed by atoms with Gasteiger partial charge in [-0.05, 0) is 0 Å². The molecule has 1 rings (SSSR count). The third-order valence-electron chi connectivity index (χ3n) is 2.18. The molecule has 0 spiro atoms. The molecule has 1 fully saturated rings. The summed E-state index contributed by atoms with van der Waals surface area (Å²) in [6, 6.07) is 0. The summed E-state index contributed by atoms with van der Waals surface area (Å²) in [4.78, 5) is 0. The van der Waals surface area contributed by atoms with E-state index in [1.807, 2.05) is 0 Å². The molecule has 1 heterocycles. The first kappa shape index (κ1) is 12.4. The van der Waals surface area contributed by atoms with Gasteiger partial charge in [0.15, 0.2) is 6.29 Å². The fourth-order valence-corrected chi connectivity index (χ4v) is 1.34. The normalized spacial score (nSPS) is 41.1. The van der Waals surface area contributed by atoms with Crippen molar-refractivity contribution in [3.05, 3.63) is 0 Å². The molecule has 0 aromatic heterocycles. The zero-order chi connectivity index (χ0) is 11.4. The predicted molar refractivity (Wildman–Crippen MR) is 48.6 cm³/mol. The molecule has 15 heavy (non-hydrogen) atoms. The molecule has 1 aliphatic rings. The zero-order valence-electron chi connectivity index (χ0n) is 7.98. The van der Waals surface area contributed by atoms with Gasteiger partial charge in [0.05, 0.1) is 6.61 Å². The number of rotatable bonds is 3. The van der Waals surface area contributed by atoms with Crippen molar-refractivity contribution in [1.29, 1.82) is 0 Å². The lowest BCUT2D eigenvalue weighted by molar-refractivity contribution is -0.298. The van der Waals surface area contributed by atoms with Crippen molar-refractivity contribution in [2.75, 3.05) is 13.2 Å². The van der Waals surface area contributed by atoms with Crippen LogP contribution in [0.1, 0.15) is 0 Å². The zero-order valence-corrected chi connectivity index (χ0v) is 7.98. The maximum absolute atomic E-state index is 9.44. The first-order valence-corrected chi connectivity index (χ1v) is 4.47. The molecule has 4 N–H and O–H groups in total. The second-order valence-electron chi connectivity index (χ2n) is 3.21. The topological polar surface area (TPSA) is 99.4 Å². The highest BCUT2D eigenvalue weighted by atomic mass is 16.7. The highest BCUT2D eigenvalue weighted by molar-refractivity contribution is 4.90. The molecule has 0 amide bonds. The molecule has 0 bridgehead atoms. The summed E-state index contributed by atoms with van der Waals surface area (Å²) in [6.45, 7) is -0.580. The van der Waals surface area contributed by atoms with Crippen molar-refractivity contribution in [3.63, 3.8) is 0 Å². The standard InChI is InChI=1S/C9H14O6/c1-2-3-14-9-8(13)7(12)6(11)5(4-10)15-9/h1,5-13H,3-4H2/t5-,6+,7+,8-,9+/m1/s1. The molecule has 0 radical (unpaired) electrons. The molecular weight excluding hydrogens is 204 g/mol. The van der Waals surface area contributed by atoms with Crippen LogP contribution in [0.3, 0.4) is 0 Å². The quantitative estimate of drug-likeness (QED) is 0.389. The molecule has 0 saturated carbocycles. The van der Waals surface area contributed by atoms with Crippen LogP contribution in [0.25, 0.3) is 0 Å². The van der Waals surface area contributed by atoms with E-state index in [2.05, 4.69) is 5.92 Å². The lowest BCUT2D eigenvalue weighted by atomic mass is 9.99. The monoisotopic (exact) mass is 218 g/mol. The van der Waals surface area contributed by atoms with Crippen LogP contribution < -0.4 is 0 Å². The molecular formula is C9H14O6. The van der Waals surface area contributed by atoms with E-state index in [4.69, 9.17) is 21.0 Å². The van der Waals surface area contributed by atoms with Crippen molar-refractivity contribution in [2.45, 2.75) is 30.7 Å². The molecule has 6 heteroatoms.